The number of nitrogens with one attached hydrogen (secondary N) is 4. The number of rotatable bonds is 10. The molecule has 1 atom stereocenters. The van der Waals surface area contributed by atoms with Crippen LogP contribution in [0.1, 0.15) is 75.1 Å². The van der Waals surface area contributed by atoms with Crippen LogP contribution < -0.4 is 21.3 Å². The van der Waals surface area contributed by atoms with Crippen molar-refractivity contribution in [1.29, 1.82) is 0 Å². The zero-order valence-electron chi connectivity index (χ0n) is 19.7. The van der Waals surface area contributed by atoms with Crippen molar-refractivity contribution in [2.45, 2.75) is 82.8 Å². The van der Waals surface area contributed by atoms with Gasteiger partial charge in [0.25, 0.3) is 5.91 Å². The van der Waals surface area contributed by atoms with Crippen molar-refractivity contribution in [1.82, 2.24) is 10.6 Å². The standard InChI is InChI=1S/C25H35FN4O4/c1-16(11-12-24(32)33)28-23(31)15-27-25(34)19-13-20(26)22(30-18-7-3-2-4-8-18)14-21(19)29-17-9-5-6-10-17/h11-14,16-18,29-30H,2-10,15H2,1H3,(H,27,34)(H,28,31)(H,32,33)/b12-11+/t16-/m1/s1. The first-order valence-corrected chi connectivity index (χ1v) is 12.2. The van der Waals surface area contributed by atoms with E-state index in [2.05, 4.69) is 21.3 Å². The Labute approximate surface area is 199 Å². The minimum Gasteiger partial charge on any atom is -0.478 e. The van der Waals surface area contributed by atoms with E-state index in [1.807, 2.05) is 0 Å². The molecule has 1 aromatic carbocycles. The molecule has 5 N–H and O–H groups in total. The summed E-state index contributed by atoms with van der Waals surface area (Å²) in [5, 5.41) is 20.5. The van der Waals surface area contributed by atoms with E-state index >= 15 is 0 Å². The first-order valence-electron chi connectivity index (χ1n) is 12.2. The summed E-state index contributed by atoms with van der Waals surface area (Å²) in [4.78, 5) is 35.6. The van der Waals surface area contributed by atoms with Gasteiger partial charge < -0.3 is 26.4 Å². The highest BCUT2D eigenvalue weighted by molar-refractivity contribution is 6.02. The molecule has 1 aromatic rings. The second-order valence-corrected chi connectivity index (χ2v) is 9.22. The van der Waals surface area contributed by atoms with E-state index in [0.717, 1.165) is 57.4 Å². The van der Waals surface area contributed by atoms with Crippen molar-refractivity contribution in [3.63, 3.8) is 0 Å². The highest BCUT2D eigenvalue weighted by atomic mass is 19.1. The van der Waals surface area contributed by atoms with Crippen LogP contribution in [-0.2, 0) is 9.59 Å². The van der Waals surface area contributed by atoms with Crippen LogP contribution in [0.5, 0.6) is 0 Å². The first-order chi connectivity index (χ1) is 16.3. The molecule has 0 unspecified atom stereocenters. The van der Waals surface area contributed by atoms with Crippen LogP contribution in [0.4, 0.5) is 15.8 Å². The normalized spacial score (nSPS) is 17.9. The van der Waals surface area contributed by atoms with Gasteiger partial charge in [-0.3, -0.25) is 9.59 Å². The van der Waals surface area contributed by atoms with E-state index < -0.39 is 29.6 Å². The fourth-order valence-electron chi connectivity index (χ4n) is 4.58. The summed E-state index contributed by atoms with van der Waals surface area (Å²) in [7, 11) is 0. The zero-order valence-corrected chi connectivity index (χ0v) is 19.7. The minimum absolute atomic E-state index is 0.158. The van der Waals surface area contributed by atoms with Crippen LogP contribution in [0.2, 0.25) is 0 Å². The Morgan fingerprint density at radius 1 is 1.00 bits per heavy atom. The largest absolute Gasteiger partial charge is 0.478 e. The van der Waals surface area contributed by atoms with Gasteiger partial charge >= 0.3 is 5.97 Å². The van der Waals surface area contributed by atoms with Gasteiger partial charge in [-0.05, 0) is 44.7 Å². The Morgan fingerprint density at radius 3 is 2.21 bits per heavy atom. The summed E-state index contributed by atoms with van der Waals surface area (Å²) in [6.45, 7) is 1.31. The van der Waals surface area contributed by atoms with Crippen molar-refractivity contribution in [3.05, 3.63) is 35.7 Å². The van der Waals surface area contributed by atoms with Crippen LogP contribution in [0.3, 0.4) is 0 Å². The molecule has 186 valence electrons. The molecule has 2 aliphatic carbocycles. The van der Waals surface area contributed by atoms with Crippen molar-refractivity contribution in [2.75, 3.05) is 17.2 Å². The predicted molar refractivity (Wildman–Crippen MR) is 129 cm³/mol. The van der Waals surface area contributed by atoms with Gasteiger partial charge in [0.15, 0.2) is 0 Å². The number of hydrogen-bond acceptors (Lipinski definition) is 5. The van der Waals surface area contributed by atoms with E-state index in [1.165, 1.54) is 18.6 Å². The molecule has 9 heteroatoms. The van der Waals surface area contributed by atoms with Crippen LogP contribution in [-0.4, -0.2) is 47.6 Å². The lowest BCUT2D eigenvalue weighted by molar-refractivity contribution is -0.131. The van der Waals surface area contributed by atoms with Crippen molar-refractivity contribution >= 4 is 29.2 Å². The van der Waals surface area contributed by atoms with E-state index in [9.17, 15) is 18.8 Å². The number of hydrogen-bond donors (Lipinski definition) is 5. The molecule has 0 spiro atoms. The summed E-state index contributed by atoms with van der Waals surface area (Å²) >= 11 is 0. The average Bonchev–Trinajstić information content (AvgIpc) is 3.32. The molecule has 2 amide bonds. The summed E-state index contributed by atoms with van der Waals surface area (Å²) in [5.41, 5.74) is 1.10. The number of anilines is 2. The number of benzene rings is 1. The van der Waals surface area contributed by atoms with Crippen LogP contribution in [0.15, 0.2) is 24.3 Å². The number of carboxylic acids is 1. The summed E-state index contributed by atoms with van der Waals surface area (Å²) in [5.74, 6) is -2.63. The van der Waals surface area contributed by atoms with E-state index in [4.69, 9.17) is 5.11 Å². The highest BCUT2D eigenvalue weighted by Crippen LogP contribution is 2.30. The predicted octanol–water partition coefficient (Wildman–Crippen LogP) is 3.80. The van der Waals surface area contributed by atoms with E-state index in [-0.39, 0.29) is 24.2 Å². The second kappa shape index (κ2) is 12.4. The molecular formula is C25H35FN4O4. The molecule has 34 heavy (non-hydrogen) atoms. The molecule has 8 nitrogen and oxygen atoms in total. The van der Waals surface area contributed by atoms with Gasteiger partial charge in [0, 0.05) is 29.9 Å². The summed E-state index contributed by atoms with van der Waals surface area (Å²) < 4.78 is 15.0. The lowest BCUT2D eigenvalue weighted by atomic mass is 9.95. The molecule has 2 fully saturated rings. The van der Waals surface area contributed by atoms with Gasteiger partial charge in [-0.1, -0.05) is 38.2 Å². The van der Waals surface area contributed by atoms with E-state index in [0.29, 0.717) is 11.4 Å². The molecule has 0 saturated heterocycles. The second-order valence-electron chi connectivity index (χ2n) is 9.22. The zero-order chi connectivity index (χ0) is 24.5. The smallest absolute Gasteiger partial charge is 0.328 e. The maximum atomic E-state index is 15.0. The Bertz CT molecular complexity index is 908. The van der Waals surface area contributed by atoms with E-state index in [1.54, 1.807) is 13.0 Å². The summed E-state index contributed by atoms with van der Waals surface area (Å²) in [6, 6.07) is 2.85. The number of carboxylic acid groups (broad SMARTS) is 1. The van der Waals surface area contributed by atoms with Gasteiger partial charge in [0.05, 0.1) is 17.8 Å². The number of carbonyl (C=O) groups is 3. The third-order valence-electron chi connectivity index (χ3n) is 6.36. The number of amides is 2. The lowest BCUT2D eigenvalue weighted by Gasteiger charge is -2.25. The third-order valence-corrected chi connectivity index (χ3v) is 6.36. The fourth-order valence-corrected chi connectivity index (χ4v) is 4.58. The maximum absolute atomic E-state index is 15.0. The number of aliphatic carboxylic acids is 1. The Hall–Kier alpha value is -3.10. The molecule has 0 aliphatic heterocycles. The SMILES string of the molecule is C[C@H](/C=C/C(=O)O)NC(=O)CNC(=O)c1cc(F)c(NC2CCCCC2)cc1NC1CCCC1. The number of carbonyl (C=O) groups excluding carboxylic acids is 2. The van der Waals surface area contributed by atoms with Crippen LogP contribution in [0.25, 0.3) is 0 Å². The highest BCUT2D eigenvalue weighted by Gasteiger charge is 2.22. The molecule has 0 aromatic heterocycles. The first kappa shape index (κ1) is 25.5. The van der Waals surface area contributed by atoms with Gasteiger partial charge in [-0.2, -0.15) is 0 Å². The van der Waals surface area contributed by atoms with Crippen molar-refractivity contribution in [2.24, 2.45) is 0 Å². The lowest BCUT2D eigenvalue weighted by Crippen LogP contribution is -2.40. The molecule has 0 heterocycles. The van der Waals surface area contributed by atoms with Gasteiger partial charge in [0.1, 0.15) is 5.82 Å². The fraction of sp³-hybridized carbons (Fsp3) is 0.560. The minimum atomic E-state index is -1.11. The van der Waals surface area contributed by atoms with Crippen LogP contribution in [0, 0.1) is 5.82 Å². The maximum Gasteiger partial charge on any atom is 0.328 e. The molecule has 3 rings (SSSR count). The molecular weight excluding hydrogens is 439 g/mol. The van der Waals surface area contributed by atoms with Crippen LogP contribution >= 0.6 is 0 Å². The molecule has 2 saturated carbocycles. The average molecular weight is 475 g/mol. The third kappa shape index (κ3) is 7.74. The summed E-state index contributed by atoms with van der Waals surface area (Å²) in [6.07, 6.45) is 11.9. The molecule has 2 aliphatic rings. The number of halogens is 1. The van der Waals surface area contributed by atoms with Crippen molar-refractivity contribution < 1.29 is 23.9 Å². The van der Waals surface area contributed by atoms with Gasteiger partial charge in [-0.15, -0.1) is 0 Å². The topological polar surface area (TPSA) is 120 Å². The molecule has 0 radical (unpaired) electrons. The quantitative estimate of drug-likeness (QED) is 0.329. The monoisotopic (exact) mass is 474 g/mol. The van der Waals surface area contributed by atoms with Gasteiger partial charge in [-0.25, -0.2) is 9.18 Å². The Balaban J connectivity index is 1.68. The molecule has 0 bridgehead atoms. The Kier molecular flexibility index (Phi) is 9.30. The Morgan fingerprint density at radius 2 is 1.59 bits per heavy atom. The van der Waals surface area contributed by atoms with Crippen molar-refractivity contribution in [3.8, 4) is 0 Å². The van der Waals surface area contributed by atoms with Gasteiger partial charge in [0.2, 0.25) is 5.91 Å².